The van der Waals surface area contributed by atoms with Crippen molar-refractivity contribution in [3.63, 3.8) is 0 Å². The van der Waals surface area contributed by atoms with Crippen LogP contribution in [0.15, 0.2) is 36.5 Å². The van der Waals surface area contributed by atoms with E-state index in [1.165, 1.54) is 0 Å². The summed E-state index contributed by atoms with van der Waals surface area (Å²) in [5.41, 5.74) is 2.10. The van der Waals surface area contributed by atoms with Crippen molar-refractivity contribution in [2.45, 2.75) is 0 Å². The second-order valence-electron chi connectivity index (χ2n) is 3.13. The number of fused-ring (bicyclic) bond motifs is 1. The lowest BCUT2D eigenvalue weighted by Gasteiger charge is -1.98. The molecule has 0 spiro atoms. The second kappa shape index (κ2) is 3.58. The lowest BCUT2D eigenvalue weighted by atomic mass is 10.3. The summed E-state index contributed by atoms with van der Waals surface area (Å²) >= 11 is 0. The Hall–Kier alpha value is -2.50. The van der Waals surface area contributed by atoms with E-state index in [1.807, 2.05) is 24.3 Å². The molecule has 2 aromatic heterocycles. The minimum absolute atomic E-state index is 0.452. The molecule has 0 saturated carbocycles. The first-order valence-electron chi connectivity index (χ1n) is 4.68. The summed E-state index contributed by atoms with van der Waals surface area (Å²) < 4.78 is 0. The van der Waals surface area contributed by atoms with Gasteiger partial charge in [0.1, 0.15) is 11.2 Å². The van der Waals surface area contributed by atoms with E-state index in [2.05, 4.69) is 30.6 Å². The summed E-state index contributed by atoms with van der Waals surface area (Å²) in [4.78, 5) is 4.34. The molecule has 6 nitrogen and oxygen atoms in total. The molecule has 0 radical (unpaired) electrons. The monoisotopic (exact) mass is 210 g/mol. The van der Waals surface area contributed by atoms with E-state index < -0.39 is 0 Å². The van der Waals surface area contributed by atoms with Gasteiger partial charge < -0.3 is 0 Å². The Balaban J connectivity index is 2.19. The zero-order valence-corrected chi connectivity index (χ0v) is 8.15. The summed E-state index contributed by atoms with van der Waals surface area (Å²) in [6.07, 6.45) is 1.54. The predicted octanol–water partition coefficient (Wildman–Crippen LogP) is 0.877. The zero-order chi connectivity index (χ0) is 10.8. The summed E-state index contributed by atoms with van der Waals surface area (Å²) in [5.74, 6) is 0.452. The highest BCUT2D eigenvalue weighted by atomic mass is 15.3. The SMILES string of the molecule is c1ccc2nc(-c3ccnnn3)nnc2c1. The van der Waals surface area contributed by atoms with Crippen molar-refractivity contribution in [2.75, 3.05) is 0 Å². The van der Waals surface area contributed by atoms with Crippen LogP contribution in [0, 0.1) is 0 Å². The molecule has 0 aliphatic heterocycles. The Kier molecular flexibility index (Phi) is 1.96. The van der Waals surface area contributed by atoms with E-state index >= 15 is 0 Å². The first-order valence-corrected chi connectivity index (χ1v) is 4.68. The highest BCUT2D eigenvalue weighted by Crippen LogP contribution is 2.12. The third-order valence-corrected chi connectivity index (χ3v) is 2.09. The number of hydrogen-bond donors (Lipinski definition) is 0. The lowest BCUT2D eigenvalue weighted by Crippen LogP contribution is -1.97. The number of benzene rings is 1. The molecule has 0 N–H and O–H groups in total. The van der Waals surface area contributed by atoms with Crippen LogP contribution in [0.4, 0.5) is 0 Å². The maximum atomic E-state index is 4.34. The van der Waals surface area contributed by atoms with Gasteiger partial charge in [0.05, 0.1) is 11.7 Å². The van der Waals surface area contributed by atoms with Gasteiger partial charge in [0, 0.05) is 0 Å². The van der Waals surface area contributed by atoms with E-state index in [-0.39, 0.29) is 0 Å². The van der Waals surface area contributed by atoms with Crippen LogP contribution in [0.3, 0.4) is 0 Å². The van der Waals surface area contributed by atoms with Crippen LogP contribution in [0.2, 0.25) is 0 Å². The molecule has 3 rings (SSSR count). The smallest absolute Gasteiger partial charge is 0.203 e. The fourth-order valence-electron chi connectivity index (χ4n) is 1.35. The molecule has 0 aliphatic rings. The van der Waals surface area contributed by atoms with Gasteiger partial charge in [0.25, 0.3) is 0 Å². The van der Waals surface area contributed by atoms with E-state index in [0.717, 1.165) is 11.0 Å². The second-order valence-corrected chi connectivity index (χ2v) is 3.13. The van der Waals surface area contributed by atoms with Crippen molar-refractivity contribution >= 4 is 11.0 Å². The number of hydrogen-bond acceptors (Lipinski definition) is 6. The van der Waals surface area contributed by atoms with Gasteiger partial charge in [-0.2, -0.15) is 0 Å². The third-order valence-electron chi connectivity index (χ3n) is 2.09. The van der Waals surface area contributed by atoms with Crippen LogP contribution >= 0.6 is 0 Å². The minimum atomic E-state index is 0.452. The van der Waals surface area contributed by atoms with Gasteiger partial charge in [-0.15, -0.1) is 20.4 Å². The van der Waals surface area contributed by atoms with Gasteiger partial charge in [-0.25, -0.2) is 4.98 Å². The highest BCUT2D eigenvalue weighted by Gasteiger charge is 2.05. The minimum Gasteiger partial charge on any atom is -0.223 e. The van der Waals surface area contributed by atoms with Crippen molar-refractivity contribution < 1.29 is 0 Å². The average Bonchev–Trinajstić information content (AvgIpc) is 2.39. The Labute approximate surface area is 90.4 Å². The summed E-state index contributed by atoms with van der Waals surface area (Å²) in [5, 5.41) is 19.0. The molecule has 0 saturated heterocycles. The van der Waals surface area contributed by atoms with Gasteiger partial charge in [-0.3, -0.25) is 0 Å². The van der Waals surface area contributed by atoms with E-state index in [0.29, 0.717) is 11.5 Å². The molecule has 6 heteroatoms. The van der Waals surface area contributed by atoms with Crippen LogP contribution in [0.25, 0.3) is 22.6 Å². The van der Waals surface area contributed by atoms with Gasteiger partial charge >= 0.3 is 0 Å². The van der Waals surface area contributed by atoms with Crippen LogP contribution in [-0.4, -0.2) is 30.6 Å². The maximum absolute atomic E-state index is 4.34. The Morgan fingerprint density at radius 1 is 0.812 bits per heavy atom. The molecule has 2 heterocycles. The van der Waals surface area contributed by atoms with Crippen molar-refractivity contribution in [3.8, 4) is 11.5 Å². The fourth-order valence-corrected chi connectivity index (χ4v) is 1.35. The molecule has 0 unspecified atom stereocenters. The van der Waals surface area contributed by atoms with Crippen LogP contribution < -0.4 is 0 Å². The van der Waals surface area contributed by atoms with Gasteiger partial charge in [0.15, 0.2) is 0 Å². The predicted molar refractivity (Wildman–Crippen MR) is 56.2 cm³/mol. The van der Waals surface area contributed by atoms with Gasteiger partial charge in [-0.05, 0) is 23.4 Å². The molecule has 0 fully saturated rings. The van der Waals surface area contributed by atoms with E-state index in [1.54, 1.807) is 12.3 Å². The fraction of sp³-hybridized carbons (Fsp3) is 0. The first-order chi connectivity index (χ1) is 7.93. The van der Waals surface area contributed by atoms with Crippen LogP contribution in [0.1, 0.15) is 0 Å². The normalized spacial score (nSPS) is 10.5. The molecule has 0 atom stereocenters. The van der Waals surface area contributed by atoms with Gasteiger partial charge in [0.2, 0.25) is 5.82 Å². The van der Waals surface area contributed by atoms with E-state index in [4.69, 9.17) is 0 Å². The highest BCUT2D eigenvalue weighted by molar-refractivity contribution is 5.74. The molecule has 76 valence electrons. The summed E-state index contributed by atoms with van der Waals surface area (Å²) in [6, 6.07) is 9.22. The lowest BCUT2D eigenvalue weighted by molar-refractivity contribution is 0.859. The van der Waals surface area contributed by atoms with Gasteiger partial charge in [-0.1, -0.05) is 12.1 Å². The Morgan fingerprint density at radius 2 is 1.69 bits per heavy atom. The molecule has 16 heavy (non-hydrogen) atoms. The molecular formula is C10H6N6. The molecule has 0 amide bonds. The topological polar surface area (TPSA) is 77.3 Å². The Bertz CT molecular complexity index is 624. The molecule has 0 aliphatic carbocycles. The van der Waals surface area contributed by atoms with Crippen molar-refractivity contribution in [1.82, 2.24) is 30.6 Å². The van der Waals surface area contributed by atoms with Crippen molar-refractivity contribution in [1.29, 1.82) is 0 Å². The average molecular weight is 210 g/mol. The van der Waals surface area contributed by atoms with Crippen LogP contribution in [-0.2, 0) is 0 Å². The maximum Gasteiger partial charge on any atom is 0.203 e. The van der Waals surface area contributed by atoms with Crippen LogP contribution in [0.5, 0.6) is 0 Å². The summed E-state index contributed by atoms with van der Waals surface area (Å²) in [6.45, 7) is 0. The number of aromatic nitrogens is 6. The van der Waals surface area contributed by atoms with Crippen molar-refractivity contribution in [3.05, 3.63) is 36.5 Å². The summed E-state index contributed by atoms with van der Waals surface area (Å²) in [7, 11) is 0. The molecular weight excluding hydrogens is 204 g/mol. The van der Waals surface area contributed by atoms with E-state index in [9.17, 15) is 0 Å². The third kappa shape index (κ3) is 1.46. The number of nitrogens with zero attached hydrogens (tertiary/aromatic N) is 6. The zero-order valence-electron chi connectivity index (χ0n) is 8.15. The standard InChI is InChI=1S/C10H6N6/c1-2-4-8-7(3-1)12-10(15-13-8)9-5-6-11-16-14-9/h1-6H. The molecule has 3 aromatic rings. The van der Waals surface area contributed by atoms with Crippen molar-refractivity contribution in [2.24, 2.45) is 0 Å². The Morgan fingerprint density at radius 3 is 2.50 bits per heavy atom. The molecule has 0 bridgehead atoms. The number of rotatable bonds is 1. The number of para-hydroxylation sites is 1. The quantitative estimate of drug-likeness (QED) is 0.593. The molecule has 1 aromatic carbocycles. The first kappa shape index (κ1) is 8.78. The largest absolute Gasteiger partial charge is 0.223 e.